The third-order valence-electron chi connectivity index (χ3n) is 4.06. The Morgan fingerprint density at radius 1 is 1.07 bits per heavy atom. The minimum Gasteiger partial charge on any atom is -0.373 e. The lowest BCUT2D eigenvalue weighted by atomic mass is 10.2. The number of carbonyl (C=O) groups is 1. The first-order valence-electron chi connectivity index (χ1n) is 8.49. The molecule has 0 fully saturated rings. The van der Waals surface area contributed by atoms with Crippen molar-refractivity contribution in [2.75, 3.05) is 37.8 Å². The van der Waals surface area contributed by atoms with E-state index in [2.05, 4.69) is 5.32 Å². The summed E-state index contributed by atoms with van der Waals surface area (Å²) in [7, 11) is -1.76. The summed E-state index contributed by atoms with van der Waals surface area (Å²) in [6.45, 7) is 0.383. The minimum atomic E-state index is -3.66. The molecule has 2 rings (SSSR count). The molecule has 0 aliphatic rings. The van der Waals surface area contributed by atoms with Crippen LogP contribution in [0.2, 0.25) is 0 Å². The molecule has 0 heterocycles. The molecule has 2 aromatic carbocycles. The second-order valence-electron chi connectivity index (χ2n) is 6.23. The van der Waals surface area contributed by atoms with E-state index < -0.39 is 21.7 Å². The van der Waals surface area contributed by atoms with Crippen LogP contribution in [0.3, 0.4) is 0 Å². The summed E-state index contributed by atoms with van der Waals surface area (Å²) < 4.78 is 38.7. The van der Waals surface area contributed by atoms with Crippen LogP contribution >= 0.6 is 0 Å². The number of benzene rings is 2. The van der Waals surface area contributed by atoms with Crippen LogP contribution in [0.1, 0.15) is 5.56 Å². The van der Waals surface area contributed by atoms with Gasteiger partial charge in [0.2, 0.25) is 15.9 Å². The summed E-state index contributed by atoms with van der Waals surface area (Å²) in [6.07, 6.45) is 1.00. The van der Waals surface area contributed by atoms with Gasteiger partial charge in [-0.1, -0.05) is 36.4 Å². The number of anilines is 1. The number of amides is 1. The van der Waals surface area contributed by atoms with Gasteiger partial charge in [-0.05, 0) is 18.2 Å². The lowest BCUT2D eigenvalue weighted by Gasteiger charge is -2.21. The molecule has 1 amide bonds. The monoisotopic (exact) mass is 393 g/mol. The highest BCUT2D eigenvalue weighted by atomic mass is 32.2. The van der Waals surface area contributed by atoms with Crippen molar-refractivity contribution in [2.45, 2.75) is 6.54 Å². The summed E-state index contributed by atoms with van der Waals surface area (Å²) in [5.41, 5.74) is 1.24. The van der Waals surface area contributed by atoms with Gasteiger partial charge >= 0.3 is 0 Å². The first-order valence-corrected chi connectivity index (χ1v) is 10.3. The third-order valence-corrected chi connectivity index (χ3v) is 5.26. The molecule has 0 aromatic heterocycles. The molecule has 6 nitrogen and oxygen atoms in total. The van der Waals surface area contributed by atoms with E-state index in [-0.39, 0.29) is 18.7 Å². The number of hydrogen-bond acceptors (Lipinski definition) is 4. The van der Waals surface area contributed by atoms with Gasteiger partial charge in [-0.2, -0.15) is 4.31 Å². The number of hydrogen-bond donors (Lipinski definition) is 1. The van der Waals surface area contributed by atoms with Crippen molar-refractivity contribution < 1.29 is 17.6 Å². The molecule has 0 aliphatic carbocycles. The van der Waals surface area contributed by atoms with Crippen LogP contribution < -0.4 is 10.2 Å². The second-order valence-corrected chi connectivity index (χ2v) is 8.21. The van der Waals surface area contributed by atoms with Crippen molar-refractivity contribution in [3.8, 4) is 0 Å². The predicted molar refractivity (Wildman–Crippen MR) is 104 cm³/mol. The van der Waals surface area contributed by atoms with Crippen LogP contribution in [0.15, 0.2) is 54.6 Å². The molecule has 0 atom stereocenters. The van der Waals surface area contributed by atoms with Gasteiger partial charge in [0.05, 0.1) is 12.8 Å². The van der Waals surface area contributed by atoms with Crippen LogP contribution in [0, 0.1) is 5.82 Å². The maximum Gasteiger partial charge on any atom is 0.235 e. The largest absolute Gasteiger partial charge is 0.373 e. The van der Waals surface area contributed by atoms with Crippen molar-refractivity contribution in [3.63, 3.8) is 0 Å². The van der Waals surface area contributed by atoms with Crippen molar-refractivity contribution >= 4 is 21.6 Å². The normalized spacial score (nSPS) is 11.4. The lowest BCUT2D eigenvalue weighted by Crippen LogP contribution is -2.42. The number of carbonyl (C=O) groups excluding carboxylic acids is 1. The summed E-state index contributed by atoms with van der Waals surface area (Å²) in [5.74, 6) is -0.936. The molecule has 2 aromatic rings. The molecular weight excluding hydrogens is 369 g/mol. The Hall–Kier alpha value is -2.45. The van der Waals surface area contributed by atoms with E-state index in [9.17, 15) is 17.6 Å². The van der Waals surface area contributed by atoms with Gasteiger partial charge in [0, 0.05) is 37.9 Å². The number of halogens is 1. The molecule has 0 bridgehead atoms. The Morgan fingerprint density at radius 3 is 2.33 bits per heavy atom. The Bertz CT molecular complexity index is 860. The highest BCUT2D eigenvalue weighted by Crippen LogP contribution is 2.12. The zero-order valence-electron chi connectivity index (χ0n) is 15.4. The minimum absolute atomic E-state index is 0.192. The van der Waals surface area contributed by atoms with E-state index in [1.807, 2.05) is 42.3 Å². The highest BCUT2D eigenvalue weighted by Gasteiger charge is 2.21. The number of sulfonamides is 1. The molecule has 0 spiro atoms. The van der Waals surface area contributed by atoms with Crippen molar-refractivity contribution in [3.05, 3.63) is 66.0 Å². The van der Waals surface area contributed by atoms with Crippen LogP contribution in [-0.2, 0) is 21.4 Å². The third kappa shape index (κ3) is 6.65. The maximum atomic E-state index is 13.8. The van der Waals surface area contributed by atoms with E-state index >= 15 is 0 Å². The molecular formula is C19H24FN3O3S. The maximum absolute atomic E-state index is 13.8. The van der Waals surface area contributed by atoms with E-state index in [1.165, 1.54) is 18.2 Å². The molecule has 1 N–H and O–H groups in total. The number of nitrogens with zero attached hydrogens (tertiary/aromatic N) is 2. The molecule has 146 valence electrons. The SMILES string of the molecule is CN(CCNC(=O)CN(Cc1ccccc1F)S(C)(=O)=O)c1ccccc1. The van der Waals surface area contributed by atoms with Gasteiger partial charge in [-0.15, -0.1) is 0 Å². The van der Waals surface area contributed by atoms with E-state index in [0.29, 0.717) is 13.1 Å². The van der Waals surface area contributed by atoms with Crippen molar-refractivity contribution in [1.29, 1.82) is 0 Å². The Morgan fingerprint density at radius 2 is 1.70 bits per heavy atom. The Balaban J connectivity index is 1.89. The zero-order chi connectivity index (χ0) is 19.9. The van der Waals surface area contributed by atoms with Gasteiger partial charge in [-0.3, -0.25) is 4.79 Å². The second kappa shape index (κ2) is 9.48. The average Bonchev–Trinajstić information content (AvgIpc) is 2.62. The summed E-state index contributed by atoms with van der Waals surface area (Å²) in [5, 5.41) is 2.71. The standard InChI is InChI=1S/C19H24FN3O3S/c1-22(17-9-4-3-5-10-17)13-12-21-19(24)15-23(27(2,25)26)14-16-8-6-7-11-18(16)20/h3-11H,12-15H2,1-2H3,(H,21,24). The Kier molecular flexibility index (Phi) is 7.32. The molecule has 0 aliphatic heterocycles. The fourth-order valence-corrected chi connectivity index (χ4v) is 3.22. The van der Waals surface area contributed by atoms with Crippen LogP contribution in [0.25, 0.3) is 0 Å². The average molecular weight is 393 g/mol. The first-order chi connectivity index (χ1) is 12.8. The summed E-state index contributed by atoms with van der Waals surface area (Å²) >= 11 is 0. The van der Waals surface area contributed by atoms with Crippen molar-refractivity contribution in [2.24, 2.45) is 0 Å². The molecule has 8 heteroatoms. The molecule has 0 radical (unpaired) electrons. The lowest BCUT2D eigenvalue weighted by molar-refractivity contribution is -0.121. The van der Waals surface area contributed by atoms with Crippen LogP contribution in [0.5, 0.6) is 0 Å². The van der Waals surface area contributed by atoms with E-state index in [4.69, 9.17) is 0 Å². The van der Waals surface area contributed by atoms with Gasteiger partial charge < -0.3 is 10.2 Å². The fraction of sp³-hybridized carbons (Fsp3) is 0.316. The number of nitrogens with one attached hydrogen (secondary N) is 1. The number of rotatable bonds is 9. The van der Waals surface area contributed by atoms with Crippen LogP contribution in [0.4, 0.5) is 10.1 Å². The summed E-state index contributed by atoms with van der Waals surface area (Å²) in [4.78, 5) is 14.1. The van der Waals surface area contributed by atoms with E-state index in [1.54, 1.807) is 6.07 Å². The number of para-hydroxylation sites is 1. The number of likely N-dealkylation sites (N-methyl/N-ethyl adjacent to an activating group) is 1. The quantitative estimate of drug-likeness (QED) is 0.706. The Labute approximate surface area is 159 Å². The highest BCUT2D eigenvalue weighted by molar-refractivity contribution is 7.88. The first kappa shape index (κ1) is 20.9. The van der Waals surface area contributed by atoms with Gasteiger partial charge in [-0.25, -0.2) is 12.8 Å². The molecule has 0 saturated heterocycles. The van der Waals surface area contributed by atoms with Crippen LogP contribution in [-0.4, -0.2) is 51.6 Å². The van der Waals surface area contributed by atoms with Gasteiger partial charge in [0.15, 0.2) is 0 Å². The van der Waals surface area contributed by atoms with E-state index in [0.717, 1.165) is 16.2 Å². The molecule has 0 unspecified atom stereocenters. The molecule has 27 heavy (non-hydrogen) atoms. The smallest absolute Gasteiger partial charge is 0.235 e. The van der Waals surface area contributed by atoms with Gasteiger partial charge in [0.1, 0.15) is 5.82 Å². The predicted octanol–water partition coefficient (Wildman–Crippen LogP) is 1.84. The van der Waals surface area contributed by atoms with Gasteiger partial charge in [0.25, 0.3) is 0 Å². The zero-order valence-corrected chi connectivity index (χ0v) is 16.2. The topological polar surface area (TPSA) is 69.7 Å². The molecule has 0 saturated carbocycles. The van der Waals surface area contributed by atoms with Crippen molar-refractivity contribution in [1.82, 2.24) is 9.62 Å². The summed E-state index contributed by atoms with van der Waals surface area (Å²) in [6, 6.07) is 15.6. The fourth-order valence-electron chi connectivity index (χ4n) is 2.50.